The molecule has 1 N–H and O–H groups in total. The Morgan fingerprint density at radius 1 is 0.923 bits per heavy atom. The number of anilines is 1. The van der Waals surface area contributed by atoms with Gasteiger partial charge in [0.2, 0.25) is 0 Å². The number of hydrogen-bond donors (Lipinski definition) is 1. The zero-order chi connectivity index (χ0) is 17.5. The fourth-order valence-corrected chi connectivity index (χ4v) is 4.56. The lowest BCUT2D eigenvalue weighted by atomic mass is 10.1. The van der Waals surface area contributed by atoms with Gasteiger partial charge in [0.15, 0.2) is 5.69 Å². The van der Waals surface area contributed by atoms with Crippen molar-refractivity contribution in [3.8, 4) is 0 Å². The van der Waals surface area contributed by atoms with Gasteiger partial charge in [-0.2, -0.15) is 5.10 Å². The number of aromatic amines is 1. The first-order valence-electron chi connectivity index (χ1n) is 9.74. The Morgan fingerprint density at radius 3 is 2.65 bits per heavy atom. The van der Waals surface area contributed by atoms with Gasteiger partial charge in [-0.3, -0.25) is 9.89 Å². The molecule has 0 aromatic carbocycles. The highest BCUT2D eigenvalue weighted by atomic mass is 16.2. The second kappa shape index (κ2) is 6.37. The predicted octanol–water partition coefficient (Wildman–Crippen LogP) is 1.53. The van der Waals surface area contributed by atoms with Crippen LogP contribution in [0.15, 0.2) is 6.33 Å². The predicted molar refractivity (Wildman–Crippen MR) is 97.4 cm³/mol. The molecule has 7 nitrogen and oxygen atoms in total. The Hall–Kier alpha value is -2.44. The molecule has 0 unspecified atom stereocenters. The van der Waals surface area contributed by atoms with E-state index in [2.05, 4.69) is 25.1 Å². The van der Waals surface area contributed by atoms with Crippen LogP contribution in [0.3, 0.4) is 0 Å². The molecule has 1 aliphatic carbocycles. The van der Waals surface area contributed by atoms with Gasteiger partial charge in [-0.1, -0.05) is 0 Å². The number of amides is 1. The average molecular weight is 352 g/mol. The van der Waals surface area contributed by atoms with Crippen molar-refractivity contribution in [2.45, 2.75) is 44.9 Å². The number of carbonyl (C=O) groups excluding carboxylic acids is 1. The molecule has 26 heavy (non-hydrogen) atoms. The summed E-state index contributed by atoms with van der Waals surface area (Å²) in [6.45, 7) is 3.56. The zero-order valence-electron chi connectivity index (χ0n) is 15.0. The third-order valence-corrected chi connectivity index (χ3v) is 5.96. The van der Waals surface area contributed by atoms with E-state index in [1.807, 2.05) is 4.90 Å². The monoisotopic (exact) mass is 352 g/mol. The summed E-state index contributed by atoms with van der Waals surface area (Å²) in [5.41, 5.74) is 5.25. The maximum atomic E-state index is 13.1. The minimum atomic E-state index is 0.0629. The van der Waals surface area contributed by atoms with Crippen molar-refractivity contribution in [1.82, 2.24) is 25.1 Å². The van der Waals surface area contributed by atoms with E-state index in [4.69, 9.17) is 0 Å². The topological polar surface area (TPSA) is 78.0 Å². The third-order valence-electron chi connectivity index (χ3n) is 5.96. The number of fused-ring (bicyclic) bond motifs is 2. The molecule has 1 amide bonds. The smallest absolute Gasteiger partial charge is 0.274 e. The van der Waals surface area contributed by atoms with Gasteiger partial charge < -0.3 is 9.80 Å². The number of aromatic nitrogens is 4. The second-order valence-electron chi connectivity index (χ2n) is 7.49. The minimum absolute atomic E-state index is 0.0629. The van der Waals surface area contributed by atoms with E-state index in [0.717, 1.165) is 68.0 Å². The maximum absolute atomic E-state index is 13.1. The molecular formula is C19H24N6O. The lowest BCUT2D eigenvalue weighted by molar-refractivity contribution is 0.0756. The molecule has 3 aliphatic rings. The Kier molecular flexibility index (Phi) is 3.87. The van der Waals surface area contributed by atoms with Gasteiger partial charge in [-0.05, 0) is 38.5 Å². The number of nitrogens with one attached hydrogen (secondary N) is 1. The number of rotatable bonds is 2. The van der Waals surface area contributed by atoms with E-state index < -0.39 is 0 Å². The lowest BCUT2D eigenvalue weighted by Crippen LogP contribution is -2.34. The molecule has 136 valence electrons. The summed E-state index contributed by atoms with van der Waals surface area (Å²) >= 11 is 0. The Morgan fingerprint density at radius 2 is 1.77 bits per heavy atom. The van der Waals surface area contributed by atoms with E-state index >= 15 is 0 Å². The van der Waals surface area contributed by atoms with Gasteiger partial charge in [0.05, 0.1) is 5.69 Å². The van der Waals surface area contributed by atoms with E-state index in [1.165, 1.54) is 18.4 Å². The van der Waals surface area contributed by atoms with E-state index in [0.29, 0.717) is 18.8 Å². The Labute approximate surface area is 152 Å². The minimum Gasteiger partial charge on any atom is -0.356 e. The molecule has 0 radical (unpaired) electrons. The zero-order valence-corrected chi connectivity index (χ0v) is 15.0. The summed E-state index contributed by atoms with van der Waals surface area (Å²) < 4.78 is 0. The highest BCUT2D eigenvalue weighted by molar-refractivity contribution is 5.94. The van der Waals surface area contributed by atoms with Crippen LogP contribution >= 0.6 is 0 Å². The standard InChI is InChI=1S/C19H24N6O/c26-19(17-13-4-3-5-16(13)22-23-17)25-10-6-14-15(7-11-25)20-12-21-18(14)24-8-1-2-9-24/h12H,1-11H2,(H,22,23). The summed E-state index contributed by atoms with van der Waals surface area (Å²) in [5, 5.41) is 7.38. The van der Waals surface area contributed by atoms with Gasteiger partial charge in [-0.15, -0.1) is 0 Å². The summed E-state index contributed by atoms with van der Waals surface area (Å²) in [6.07, 6.45) is 8.84. The van der Waals surface area contributed by atoms with E-state index in [1.54, 1.807) is 6.33 Å². The van der Waals surface area contributed by atoms with Crippen LogP contribution in [0.25, 0.3) is 0 Å². The molecule has 0 spiro atoms. The van der Waals surface area contributed by atoms with E-state index in [9.17, 15) is 4.79 Å². The van der Waals surface area contributed by atoms with Crippen LogP contribution in [0.4, 0.5) is 5.82 Å². The number of H-pyrrole nitrogens is 1. The summed E-state index contributed by atoms with van der Waals surface area (Å²) in [7, 11) is 0. The van der Waals surface area contributed by atoms with Crippen molar-refractivity contribution in [2.75, 3.05) is 31.1 Å². The third kappa shape index (κ3) is 2.57. The van der Waals surface area contributed by atoms with Gasteiger partial charge in [0, 0.05) is 49.4 Å². The molecule has 1 fully saturated rings. The Balaban J connectivity index is 1.38. The van der Waals surface area contributed by atoms with Crippen LogP contribution in [-0.2, 0) is 25.7 Å². The first-order chi connectivity index (χ1) is 12.8. The number of hydrogen-bond acceptors (Lipinski definition) is 5. The number of nitrogens with zero attached hydrogens (tertiary/aromatic N) is 5. The summed E-state index contributed by atoms with van der Waals surface area (Å²) in [6, 6.07) is 0. The largest absolute Gasteiger partial charge is 0.356 e. The van der Waals surface area contributed by atoms with Crippen LogP contribution in [0, 0.1) is 0 Å². The fourth-order valence-electron chi connectivity index (χ4n) is 4.56. The van der Waals surface area contributed by atoms with E-state index in [-0.39, 0.29) is 5.91 Å². The van der Waals surface area contributed by atoms with Crippen molar-refractivity contribution < 1.29 is 4.79 Å². The van der Waals surface area contributed by atoms with Gasteiger partial charge in [0.25, 0.3) is 5.91 Å². The van der Waals surface area contributed by atoms with Crippen molar-refractivity contribution in [1.29, 1.82) is 0 Å². The first-order valence-corrected chi connectivity index (χ1v) is 9.74. The fraction of sp³-hybridized carbons (Fsp3) is 0.579. The van der Waals surface area contributed by atoms with Crippen molar-refractivity contribution in [3.05, 3.63) is 34.5 Å². The normalized spacial score (nSPS) is 19.4. The molecule has 1 saturated heterocycles. The molecule has 0 bridgehead atoms. The van der Waals surface area contributed by atoms with Crippen molar-refractivity contribution in [2.24, 2.45) is 0 Å². The average Bonchev–Trinajstić information content (AvgIpc) is 3.36. The van der Waals surface area contributed by atoms with Crippen LogP contribution < -0.4 is 4.90 Å². The molecule has 5 rings (SSSR count). The SMILES string of the molecule is O=C(c1n[nH]c2c1CCC2)N1CCc2ncnc(N3CCCC3)c2CC1. The van der Waals surface area contributed by atoms with Crippen LogP contribution in [0.2, 0.25) is 0 Å². The van der Waals surface area contributed by atoms with Crippen LogP contribution in [0.1, 0.15) is 52.3 Å². The van der Waals surface area contributed by atoms with Crippen LogP contribution in [0.5, 0.6) is 0 Å². The highest BCUT2D eigenvalue weighted by Crippen LogP contribution is 2.28. The summed E-state index contributed by atoms with van der Waals surface area (Å²) in [4.78, 5) is 26.5. The maximum Gasteiger partial charge on any atom is 0.274 e. The molecular weight excluding hydrogens is 328 g/mol. The van der Waals surface area contributed by atoms with Crippen molar-refractivity contribution >= 4 is 11.7 Å². The van der Waals surface area contributed by atoms with Crippen LogP contribution in [-0.4, -0.2) is 57.2 Å². The second-order valence-corrected chi connectivity index (χ2v) is 7.49. The molecule has 4 heterocycles. The molecule has 2 aliphatic heterocycles. The summed E-state index contributed by atoms with van der Waals surface area (Å²) in [5.74, 6) is 1.15. The lowest BCUT2D eigenvalue weighted by Gasteiger charge is -2.21. The quantitative estimate of drug-likeness (QED) is 0.887. The van der Waals surface area contributed by atoms with Gasteiger partial charge in [0.1, 0.15) is 12.1 Å². The number of aryl methyl sites for hydroxylation is 1. The van der Waals surface area contributed by atoms with Gasteiger partial charge >= 0.3 is 0 Å². The highest BCUT2D eigenvalue weighted by Gasteiger charge is 2.29. The molecule has 0 atom stereocenters. The number of carbonyl (C=O) groups is 1. The van der Waals surface area contributed by atoms with Gasteiger partial charge in [-0.25, -0.2) is 9.97 Å². The molecule has 2 aromatic rings. The molecule has 2 aromatic heterocycles. The first kappa shape index (κ1) is 15.8. The molecule has 0 saturated carbocycles. The van der Waals surface area contributed by atoms with Crippen molar-refractivity contribution in [3.63, 3.8) is 0 Å². The Bertz CT molecular complexity index is 839. The molecule has 7 heteroatoms.